The Bertz CT molecular complexity index is 294. The third-order valence-corrected chi connectivity index (χ3v) is 2.02. The molecule has 0 heterocycles. The van der Waals surface area contributed by atoms with Crippen molar-refractivity contribution in [1.29, 1.82) is 5.26 Å². The monoisotopic (exact) mass is 223 g/mol. The molecule has 0 bridgehead atoms. The Morgan fingerprint density at radius 3 is 2.44 bits per heavy atom. The minimum atomic E-state index is -0.462. The molecule has 0 aromatic rings. The third kappa shape index (κ3) is 7.05. The minimum Gasteiger partial charge on any atom is -0.460 e. The van der Waals surface area contributed by atoms with Crippen molar-refractivity contribution in [3.63, 3.8) is 0 Å². The van der Waals surface area contributed by atoms with Gasteiger partial charge in [0.25, 0.3) is 0 Å². The molecular weight excluding hydrogens is 202 g/mol. The fourth-order valence-electron chi connectivity index (χ4n) is 1.28. The number of ether oxygens (including phenoxy) is 1. The molecule has 0 saturated heterocycles. The molecule has 0 aromatic heterocycles. The van der Waals surface area contributed by atoms with Crippen molar-refractivity contribution in [3.8, 4) is 6.07 Å². The first-order valence-corrected chi connectivity index (χ1v) is 5.56. The van der Waals surface area contributed by atoms with E-state index in [1.165, 1.54) is 0 Å². The number of hydrogen-bond donors (Lipinski definition) is 0. The van der Waals surface area contributed by atoms with E-state index in [4.69, 9.17) is 10.00 Å². The van der Waals surface area contributed by atoms with E-state index in [1.807, 2.05) is 27.7 Å². The molecule has 0 fully saturated rings. The Kier molecular flexibility index (Phi) is 5.81. The molecule has 90 valence electrons. The standard InChI is InChI=1S/C13H21NO2/c1-6-11(9-14)7-10(2)8-12(15)16-13(3,4)5/h11H,2,6-8H2,1,3-5H3. The summed E-state index contributed by atoms with van der Waals surface area (Å²) in [7, 11) is 0. The highest BCUT2D eigenvalue weighted by molar-refractivity contribution is 5.72. The van der Waals surface area contributed by atoms with Crippen LogP contribution < -0.4 is 0 Å². The van der Waals surface area contributed by atoms with Crippen molar-refractivity contribution >= 4 is 5.97 Å². The number of nitrogens with zero attached hydrogens (tertiary/aromatic N) is 1. The normalized spacial score (nSPS) is 12.7. The summed E-state index contributed by atoms with van der Waals surface area (Å²) in [6.45, 7) is 11.3. The van der Waals surface area contributed by atoms with E-state index in [-0.39, 0.29) is 18.3 Å². The summed E-state index contributed by atoms with van der Waals surface area (Å²) in [5.74, 6) is -0.319. The van der Waals surface area contributed by atoms with Crippen molar-refractivity contribution < 1.29 is 9.53 Å². The van der Waals surface area contributed by atoms with E-state index in [9.17, 15) is 4.79 Å². The Morgan fingerprint density at radius 2 is 2.06 bits per heavy atom. The molecule has 3 nitrogen and oxygen atoms in total. The maximum Gasteiger partial charge on any atom is 0.310 e. The quantitative estimate of drug-likeness (QED) is 0.531. The van der Waals surface area contributed by atoms with Gasteiger partial charge in [0.05, 0.1) is 12.5 Å². The predicted octanol–water partition coefficient (Wildman–Crippen LogP) is 3.21. The van der Waals surface area contributed by atoms with Crippen LogP contribution in [0.1, 0.15) is 47.0 Å². The highest BCUT2D eigenvalue weighted by Crippen LogP contribution is 2.17. The first kappa shape index (κ1) is 14.7. The van der Waals surface area contributed by atoms with Gasteiger partial charge in [0.2, 0.25) is 0 Å². The Hall–Kier alpha value is -1.30. The molecule has 0 radical (unpaired) electrons. The average Bonchev–Trinajstić information content (AvgIpc) is 2.10. The van der Waals surface area contributed by atoms with Crippen molar-refractivity contribution in [2.45, 2.75) is 52.6 Å². The summed E-state index contributed by atoms with van der Waals surface area (Å²) in [6, 6.07) is 2.19. The van der Waals surface area contributed by atoms with Gasteiger partial charge in [0, 0.05) is 5.92 Å². The largest absolute Gasteiger partial charge is 0.460 e. The predicted molar refractivity (Wildman–Crippen MR) is 63.6 cm³/mol. The zero-order valence-electron chi connectivity index (χ0n) is 10.7. The lowest BCUT2D eigenvalue weighted by molar-refractivity contribution is -0.153. The maximum atomic E-state index is 11.5. The molecule has 0 aliphatic rings. The molecule has 0 aromatic carbocycles. The van der Waals surface area contributed by atoms with E-state index >= 15 is 0 Å². The number of esters is 1. The highest BCUT2D eigenvalue weighted by atomic mass is 16.6. The van der Waals surface area contributed by atoms with Crippen LogP contribution in [0.15, 0.2) is 12.2 Å². The summed E-state index contributed by atoms with van der Waals surface area (Å²) < 4.78 is 5.17. The molecular formula is C13H21NO2. The Labute approximate surface area is 98.1 Å². The first-order valence-electron chi connectivity index (χ1n) is 5.56. The molecule has 0 aliphatic heterocycles. The van der Waals surface area contributed by atoms with Crippen molar-refractivity contribution in [2.24, 2.45) is 5.92 Å². The third-order valence-electron chi connectivity index (χ3n) is 2.02. The second-order valence-corrected chi connectivity index (χ2v) is 4.95. The van der Waals surface area contributed by atoms with Crippen LogP contribution in [0.25, 0.3) is 0 Å². The van der Waals surface area contributed by atoms with Crippen LogP contribution in [0.4, 0.5) is 0 Å². The lowest BCUT2D eigenvalue weighted by Crippen LogP contribution is -2.24. The van der Waals surface area contributed by atoms with Crippen LogP contribution >= 0.6 is 0 Å². The first-order chi connectivity index (χ1) is 7.28. The fourth-order valence-corrected chi connectivity index (χ4v) is 1.28. The van der Waals surface area contributed by atoms with E-state index in [1.54, 1.807) is 0 Å². The van der Waals surface area contributed by atoms with Crippen LogP contribution in [0, 0.1) is 17.2 Å². The van der Waals surface area contributed by atoms with Gasteiger partial charge in [-0.3, -0.25) is 4.79 Å². The average molecular weight is 223 g/mol. The van der Waals surface area contributed by atoms with E-state index in [0.29, 0.717) is 6.42 Å². The second kappa shape index (κ2) is 6.32. The zero-order valence-corrected chi connectivity index (χ0v) is 10.7. The van der Waals surface area contributed by atoms with Crippen molar-refractivity contribution in [1.82, 2.24) is 0 Å². The summed E-state index contributed by atoms with van der Waals surface area (Å²) in [4.78, 5) is 11.5. The molecule has 0 spiro atoms. The molecule has 0 rings (SSSR count). The molecule has 0 aliphatic carbocycles. The number of hydrogen-bond acceptors (Lipinski definition) is 3. The summed E-state index contributed by atoms with van der Waals surface area (Å²) >= 11 is 0. The Morgan fingerprint density at radius 1 is 1.50 bits per heavy atom. The fraction of sp³-hybridized carbons (Fsp3) is 0.692. The number of rotatable bonds is 5. The topological polar surface area (TPSA) is 50.1 Å². The van der Waals surface area contributed by atoms with Crippen molar-refractivity contribution in [3.05, 3.63) is 12.2 Å². The number of carbonyl (C=O) groups excluding carboxylic acids is 1. The molecule has 16 heavy (non-hydrogen) atoms. The maximum absolute atomic E-state index is 11.5. The van der Waals surface area contributed by atoms with Crippen LogP contribution in [0.2, 0.25) is 0 Å². The molecule has 3 heteroatoms. The lowest BCUT2D eigenvalue weighted by Gasteiger charge is -2.20. The van der Waals surface area contributed by atoms with Gasteiger partial charge in [0.1, 0.15) is 5.60 Å². The van der Waals surface area contributed by atoms with Gasteiger partial charge in [-0.25, -0.2) is 0 Å². The molecule has 1 atom stereocenters. The van der Waals surface area contributed by atoms with Crippen LogP contribution in [0.3, 0.4) is 0 Å². The molecule has 0 amide bonds. The summed E-state index contributed by atoms with van der Waals surface area (Å²) in [5, 5.41) is 8.79. The van der Waals surface area contributed by atoms with Gasteiger partial charge in [-0.15, -0.1) is 0 Å². The van der Waals surface area contributed by atoms with Crippen LogP contribution in [-0.2, 0) is 9.53 Å². The second-order valence-electron chi connectivity index (χ2n) is 4.95. The van der Waals surface area contributed by atoms with Gasteiger partial charge >= 0.3 is 5.97 Å². The number of nitriles is 1. The lowest BCUT2D eigenvalue weighted by atomic mass is 9.97. The van der Waals surface area contributed by atoms with Gasteiger partial charge in [-0.2, -0.15) is 5.26 Å². The summed E-state index contributed by atoms with van der Waals surface area (Å²) in [5.41, 5.74) is 0.305. The van der Waals surface area contributed by atoms with Crippen LogP contribution in [0.5, 0.6) is 0 Å². The molecule has 0 N–H and O–H groups in total. The van der Waals surface area contributed by atoms with Gasteiger partial charge in [-0.1, -0.05) is 19.1 Å². The zero-order chi connectivity index (χ0) is 12.8. The van der Waals surface area contributed by atoms with Gasteiger partial charge in [0.15, 0.2) is 0 Å². The van der Waals surface area contributed by atoms with E-state index in [2.05, 4.69) is 12.6 Å². The van der Waals surface area contributed by atoms with Gasteiger partial charge in [-0.05, 0) is 33.6 Å². The summed E-state index contributed by atoms with van der Waals surface area (Å²) in [6.07, 6.45) is 1.56. The molecule has 0 saturated carbocycles. The Balaban J connectivity index is 4.07. The minimum absolute atomic E-state index is 0.0464. The molecule has 1 unspecified atom stereocenters. The number of carbonyl (C=O) groups is 1. The van der Waals surface area contributed by atoms with E-state index < -0.39 is 5.60 Å². The SMILES string of the molecule is C=C(CC(=O)OC(C)(C)C)CC(C#N)CC. The van der Waals surface area contributed by atoms with Crippen molar-refractivity contribution in [2.75, 3.05) is 0 Å². The van der Waals surface area contributed by atoms with Crippen LogP contribution in [-0.4, -0.2) is 11.6 Å². The highest BCUT2D eigenvalue weighted by Gasteiger charge is 2.17. The van der Waals surface area contributed by atoms with Gasteiger partial charge < -0.3 is 4.74 Å². The smallest absolute Gasteiger partial charge is 0.310 e. The van der Waals surface area contributed by atoms with E-state index in [0.717, 1.165) is 12.0 Å².